The van der Waals surface area contributed by atoms with Gasteiger partial charge in [-0.05, 0) is 50.1 Å². The first-order valence-corrected chi connectivity index (χ1v) is 11.6. The maximum atomic E-state index is 13.0. The van der Waals surface area contributed by atoms with Crippen LogP contribution in [0.2, 0.25) is 0 Å². The number of anilines is 1. The van der Waals surface area contributed by atoms with Crippen molar-refractivity contribution in [2.24, 2.45) is 0 Å². The molecule has 5 rings (SSSR count). The maximum absolute atomic E-state index is 13.0. The number of fused-ring (bicyclic) bond motifs is 3. The third-order valence-corrected chi connectivity index (χ3v) is 7.15. The van der Waals surface area contributed by atoms with E-state index in [1.807, 2.05) is 36.1 Å². The number of carbonyl (C=O) groups is 1. The molecule has 2 aliphatic heterocycles. The summed E-state index contributed by atoms with van der Waals surface area (Å²) in [6.07, 6.45) is 2.60. The van der Waals surface area contributed by atoms with E-state index in [1.165, 1.54) is 11.3 Å². The Labute approximate surface area is 188 Å². The Hall–Kier alpha value is -2.72. The van der Waals surface area contributed by atoms with Crippen molar-refractivity contribution >= 4 is 34.0 Å². The van der Waals surface area contributed by atoms with Crippen LogP contribution in [0.1, 0.15) is 30.7 Å². The van der Waals surface area contributed by atoms with Gasteiger partial charge in [-0.15, -0.1) is 10.2 Å². The van der Waals surface area contributed by atoms with E-state index >= 15 is 0 Å². The third kappa shape index (κ3) is 4.29. The van der Waals surface area contributed by atoms with Gasteiger partial charge in [0.05, 0.1) is 6.54 Å². The van der Waals surface area contributed by atoms with Gasteiger partial charge in [-0.2, -0.15) is 0 Å². The summed E-state index contributed by atoms with van der Waals surface area (Å²) in [4.78, 5) is 19.3. The molecule has 2 amide bonds. The summed E-state index contributed by atoms with van der Waals surface area (Å²) in [6.45, 7) is 1.63. The van der Waals surface area contributed by atoms with Crippen molar-refractivity contribution in [3.8, 4) is 10.6 Å². The van der Waals surface area contributed by atoms with Gasteiger partial charge < -0.3 is 10.2 Å². The van der Waals surface area contributed by atoms with Gasteiger partial charge in [-0.1, -0.05) is 23.5 Å². The van der Waals surface area contributed by atoms with Gasteiger partial charge in [-0.3, -0.25) is 5.32 Å². The molecular formula is C22H24F2N6OS. The molecule has 0 radical (unpaired) electrons. The Morgan fingerprint density at radius 3 is 2.66 bits per heavy atom. The first-order valence-electron chi connectivity index (χ1n) is 10.8. The molecule has 2 fully saturated rings. The van der Waals surface area contributed by atoms with Gasteiger partial charge in [0.2, 0.25) is 0 Å². The summed E-state index contributed by atoms with van der Waals surface area (Å²) in [5.74, 6) is 0.491. The highest BCUT2D eigenvalue weighted by Gasteiger charge is 2.43. The lowest BCUT2D eigenvalue weighted by atomic mass is 9.97. The van der Waals surface area contributed by atoms with Crippen molar-refractivity contribution in [3.63, 3.8) is 0 Å². The molecule has 7 nitrogen and oxygen atoms in total. The zero-order chi connectivity index (χ0) is 22.2. The standard InChI is InChI=1S/C22H24F2N6OS/c1-12-28-29-21(32-12)13-2-3-14-10-26-20(7-15(14)6-13)27-22(31)30-17-4-5-18(30)9-16(8-17)25-11-19(23)24/h2-3,6-7,10,16-19,25H,4-5,8-9,11H2,1H3,(H,26,27,31)/t16?,17-,18+. The fourth-order valence-corrected chi connectivity index (χ4v) is 5.55. The molecule has 10 heteroatoms. The number of amides is 2. The first-order chi connectivity index (χ1) is 15.5. The Bertz CT molecular complexity index is 1120. The number of hydrogen-bond acceptors (Lipinski definition) is 6. The number of rotatable bonds is 5. The smallest absolute Gasteiger partial charge is 0.318 e. The SMILES string of the molecule is Cc1nnc(-c2ccc3cnc(NC(=O)N4[C@@H]5CC[C@H]4CC(NCC(F)F)C5)cc3c2)s1. The van der Waals surface area contributed by atoms with Crippen LogP contribution in [0.15, 0.2) is 30.5 Å². The summed E-state index contributed by atoms with van der Waals surface area (Å²) >= 11 is 1.53. The van der Waals surface area contributed by atoms with Crippen LogP contribution in [0.4, 0.5) is 19.4 Å². The second kappa shape index (κ2) is 8.67. The Morgan fingerprint density at radius 2 is 1.97 bits per heavy atom. The summed E-state index contributed by atoms with van der Waals surface area (Å²) in [7, 11) is 0. The highest BCUT2D eigenvalue weighted by Crippen LogP contribution is 2.36. The number of benzene rings is 1. The first kappa shape index (κ1) is 21.1. The average Bonchev–Trinajstić information content (AvgIpc) is 3.32. The van der Waals surface area contributed by atoms with Crippen molar-refractivity contribution < 1.29 is 13.6 Å². The van der Waals surface area contributed by atoms with Crippen LogP contribution in [0.25, 0.3) is 21.3 Å². The van der Waals surface area contributed by atoms with Crippen molar-refractivity contribution in [1.29, 1.82) is 0 Å². The van der Waals surface area contributed by atoms with Gasteiger partial charge in [-0.25, -0.2) is 18.6 Å². The number of hydrogen-bond donors (Lipinski definition) is 2. The van der Waals surface area contributed by atoms with E-state index < -0.39 is 6.43 Å². The summed E-state index contributed by atoms with van der Waals surface area (Å²) in [6, 6.07) is 7.86. The number of carbonyl (C=O) groups excluding carboxylic acids is 1. The van der Waals surface area contributed by atoms with Crippen molar-refractivity contribution in [2.45, 2.75) is 57.2 Å². The van der Waals surface area contributed by atoms with Crippen LogP contribution in [-0.2, 0) is 0 Å². The van der Waals surface area contributed by atoms with Crippen molar-refractivity contribution in [3.05, 3.63) is 35.5 Å². The van der Waals surface area contributed by atoms with E-state index in [0.717, 1.165) is 39.2 Å². The quantitative estimate of drug-likeness (QED) is 0.591. The van der Waals surface area contributed by atoms with Gasteiger partial charge in [0.1, 0.15) is 15.8 Å². The Balaban J connectivity index is 1.29. The molecule has 0 aliphatic carbocycles. The van der Waals surface area contributed by atoms with Crippen molar-refractivity contribution in [1.82, 2.24) is 25.4 Å². The number of urea groups is 1. The van der Waals surface area contributed by atoms with Crippen LogP contribution in [0.3, 0.4) is 0 Å². The number of aryl methyl sites for hydroxylation is 1. The number of alkyl halides is 2. The van der Waals surface area contributed by atoms with Gasteiger partial charge in [0, 0.05) is 35.3 Å². The monoisotopic (exact) mass is 458 g/mol. The minimum absolute atomic E-state index is 0.0340. The molecule has 32 heavy (non-hydrogen) atoms. The van der Waals surface area contributed by atoms with Crippen LogP contribution >= 0.6 is 11.3 Å². The number of halogens is 2. The summed E-state index contributed by atoms with van der Waals surface area (Å²) in [5.41, 5.74) is 0.975. The lowest BCUT2D eigenvalue weighted by Gasteiger charge is -2.39. The maximum Gasteiger partial charge on any atom is 0.323 e. The lowest BCUT2D eigenvalue weighted by Crippen LogP contribution is -2.53. The van der Waals surface area contributed by atoms with Crippen LogP contribution < -0.4 is 10.6 Å². The molecule has 168 valence electrons. The molecule has 1 unspecified atom stereocenters. The number of piperidine rings is 1. The normalized spacial score (nSPS) is 22.6. The van der Waals surface area contributed by atoms with Crippen LogP contribution in [-0.4, -0.2) is 57.2 Å². The molecular weight excluding hydrogens is 434 g/mol. The minimum atomic E-state index is -2.36. The summed E-state index contributed by atoms with van der Waals surface area (Å²) < 4.78 is 25.1. The van der Waals surface area contributed by atoms with E-state index in [0.29, 0.717) is 18.7 Å². The topological polar surface area (TPSA) is 83.0 Å². The highest BCUT2D eigenvalue weighted by molar-refractivity contribution is 7.14. The molecule has 4 heterocycles. The number of aromatic nitrogens is 3. The molecule has 0 saturated carbocycles. The zero-order valence-electron chi connectivity index (χ0n) is 17.6. The number of nitrogens with zero attached hydrogens (tertiary/aromatic N) is 4. The Kier molecular flexibility index (Phi) is 5.73. The molecule has 2 bridgehead atoms. The zero-order valence-corrected chi connectivity index (χ0v) is 18.4. The van der Waals surface area contributed by atoms with E-state index in [2.05, 4.69) is 25.8 Å². The van der Waals surface area contributed by atoms with Crippen LogP contribution in [0.5, 0.6) is 0 Å². The van der Waals surface area contributed by atoms with E-state index in [-0.39, 0.29) is 30.7 Å². The molecule has 3 atom stereocenters. The van der Waals surface area contributed by atoms with E-state index in [1.54, 1.807) is 6.20 Å². The van der Waals surface area contributed by atoms with Gasteiger partial charge >= 0.3 is 6.03 Å². The Morgan fingerprint density at radius 1 is 1.19 bits per heavy atom. The lowest BCUT2D eigenvalue weighted by molar-refractivity contribution is 0.115. The molecule has 3 aromatic rings. The predicted molar refractivity (Wildman–Crippen MR) is 120 cm³/mol. The number of pyridine rings is 1. The molecule has 0 spiro atoms. The van der Waals surface area contributed by atoms with Crippen LogP contribution in [0, 0.1) is 6.92 Å². The molecule has 2 saturated heterocycles. The van der Waals surface area contributed by atoms with Gasteiger partial charge in [0.25, 0.3) is 6.43 Å². The molecule has 2 aromatic heterocycles. The van der Waals surface area contributed by atoms with E-state index in [4.69, 9.17) is 0 Å². The number of nitrogens with one attached hydrogen (secondary N) is 2. The fraction of sp³-hybridized carbons (Fsp3) is 0.455. The predicted octanol–water partition coefficient (Wildman–Crippen LogP) is 4.44. The summed E-state index contributed by atoms with van der Waals surface area (Å²) in [5, 5.41) is 17.9. The molecule has 2 N–H and O–H groups in total. The molecule has 2 aliphatic rings. The third-order valence-electron chi connectivity index (χ3n) is 6.26. The molecule has 1 aromatic carbocycles. The van der Waals surface area contributed by atoms with Gasteiger partial charge in [0.15, 0.2) is 0 Å². The highest BCUT2D eigenvalue weighted by atomic mass is 32.1. The largest absolute Gasteiger partial charge is 0.323 e. The van der Waals surface area contributed by atoms with E-state index in [9.17, 15) is 13.6 Å². The average molecular weight is 459 g/mol. The second-order valence-electron chi connectivity index (χ2n) is 8.45. The minimum Gasteiger partial charge on any atom is -0.318 e. The van der Waals surface area contributed by atoms with Crippen molar-refractivity contribution in [2.75, 3.05) is 11.9 Å². The second-order valence-corrected chi connectivity index (χ2v) is 9.63. The fourth-order valence-electron chi connectivity index (χ4n) is 4.86.